The van der Waals surface area contributed by atoms with Crippen molar-refractivity contribution in [1.82, 2.24) is 0 Å². The third-order valence-electron chi connectivity index (χ3n) is 15.5. The van der Waals surface area contributed by atoms with Gasteiger partial charge in [0.25, 0.3) is 0 Å². The van der Waals surface area contributed by atoms with Crippen molar-refractivity contribution in [2.75, 3.05) is 39.6 Å². The molecule has 5 atom stereocenters. The number of hydrogen-bond donors (Lipinski definition) is 3. The van der Waals surface area contributed by atoms with Gasteiger partial charge in [-0.2, -0.15) is 0 Å². The van der Waals surface area contributed by atoms with E-state index in [1.54, 1.807) is 12.2 Å². The number of aliphatic hydroxyl groups is 1. The summed E-state index contributed by atoms with van der Waals surface area (Å²) in [6, 6.07) is 0. The van der Waals surface area contributed by atoms with Gasteiger partial charge in [-0.05, 0) is 148 Å². The molecule has 0 radical (unpaired) electrons. The number of aliphatic hydroxyl groups excluding tert-OH is 1. The van der Waals surface area contributed by atoms with E-state index in [1.165, 1.54) is 25.7 Å². The number of unbranched alkanes of at least 4 members (excludes halogenated alkanes) is 20. The predicted molar refractivity (Wildman–Crippen MR) is 417 cm³/mol. The Labute approximate surface area is 617 Å². The van der Waals surface area contributed by atoms with Crippen molar-refractivity contribution in [2.24, 2.45) is 0 Å². The van der Waals surface area contributed by atoms with Crippen molar-refractivity contribution >= 4 is 39.5 Å². The summed E-state index contributed by atoms with van der Waals surface area (Å²) in [4.78, 5) is 72.9. The Morgan fingerprint density at radius 3 is 0.882 bits per heavy atom. The third-order valence-corrected chi connectivity index (χ3v) is 17.4. The van der Waals surface area contributed by atoms with Gasteiger partial charge in [-0.1, -0.05) is 269 Å². The number of rotatable bonds is 71. The highest BCUT2D eigenvalue weighted by Crippen LogP contribution is 2.45. The lowest BCUT2D eigenvalue weighted by Crippen LogP contribution is -2.30. The van der Waals surface area contributed by atoms with E-state index in [4.69, 9.17) is 37.0 Å². The van der Waals surface area contributed by atoms with E-state index in [2.05, 4.69) is 161 Å². The summed E-state index contributed by atoms with van der Waals surface area (Å²) >= 11 is 0. The van der Waals surface area contributed by atoms with Crippen LogP contribution in [-0.2, 0) is 65.4 Å². The summed E-state index contributed by atoms with van der Waals surface area (Å²) in [5, 5.41) is 10.6. The normalized spacial score (nSPS) is 14.8. The van der Waals surface area contributed by atoms with Crippen LogP contribution in [0.3, 0.4) is 0 Å². The topological polar surface area (TPSA) is 237 Å². The Morgan fingerprint density at radius 2 is 0.549 bits per heavy atom. The highest BCUT2D eigenvalue weighted by molar-refractivity contribution is 7.47. The van der Waals surface area contributed by atoms with Crippen LogP contribution in [0.25, 0.3) is 0 Å². The molecule has 0 aliphatic carbocycles. The van der Waals surface area contributed by atoms with Gasteiger partial charge in [-0.25, -0.2) is 9.13 Å². The molecule has 0 aromatic carbocycles. The first-order chi connectivity index (χ1) is 49.7. The summed E-state index contributed by atoms with van der Waals surface area (Å²) in [6.07, 6.45) is 85.5. The molecule has 0 aliphatic rings. The molecule has 0 amide bonds. The maximum Gasteiger partial charge on any atom is 0.472 e. The quantitative estimate of drug-likeness (QED) is 0.0169. The predicted octanol–water partition coefficient (Wildman–Crippen LogP) is 22.4. The molecule has 0 aliphatic heterocycles. The number of carbonyl (C=O) groups excluding carboxylic acids is 4. The van der Waals surface area contributed by atoms with Gasteiger partial charge >= 0.3 is 39.5 Å². The Hall–Kier alpha value is -5.32. The first-order valence-electron chi connectivity index (χ1n) is 38.7. The molecule has 0 rings (SSSR count). The minimum atomic E-state index is -5.01. The first-order valence-corrected chi connectivity index (χ1v) is 41.7. The molecule has 0 aromatic heterocycles. The fourth-order valence-corrected chi connectivity index (χ4v) is 11.3. The Bertz CT molecular complexity index is 2550. The molecule has 0 bridgehead atoms. The first kappa shape index (κ1) is 96.7. The molecule has 17 nitrogen and oxygen atoms in total. The van der Waals surface area contributed by atoms with Gasteiger partial charge in [0.15, 0.2) is 12.2 Å². The van der Waals surface area contributed by atoms with E-state index in [0.717, 1.165) is 180 Å². The van der Waals surface area contributed by atoms with Gasteiger partial charge < -0.3 is 33.8 Å². The molecule has 0 saturated heterocycles. The number of hydrogen-bond acceptors (Lipinski definition) is 15. The number of allylic oxidation sites excluding steroid dienone is 25. The average molecular weight is 1470 g/mol. The van der Waals surface area contributed by atoms with Gasteiger partial charge in [0, 0.05) is 19.3 Å². The SMILES string of the molecule is CC/C=C\C/C=C\C/C=C\C/C=C\C/C=C\CC(=O)OC(COC(=O)CCCCCCCCC/C=C\C/C=C\C/C=C\CC)COP(=O)(O)OCC(O)COP(=O)(O)OCC(COC(=O)CCCCCC/C=C\C/C=C\C/C=C\C/C=C\CC)OC(=O)CCCCCCC/C=C\CCCCCC. The van der Waals surface area contributed by atoms with Crippen molar-refractivity contribution in [2.45, 2.75) is 303 Å². The minimum Gasteiger partial charge on any atom is -0.462 e. The second-order valence-corrected chi connectivity index (χ2v) is 28.1. The molecule has 0 heterocycles. The Kier molecular flexibility index (Phi) is 70.1. The van der Waals surface area contributed by atoms with Crippen molar-refractivity contribution in [1.29, 1.82) is 0 Å². The molecule has 0 saturated carbocycles. The van der Waals surface area contributed by atoms with E-state index in [-0.39, 0.29) is 25.7 Å². The molecule has 5 unspecified atom stereocenters. The molecule has 0 fully saturated rings. The van der Waals surface area contributed by atoms with Gasteiger partial charge in [0.2, 0.25) is 0 Å². The smallest absolute Gasteiger partial charge is 0.462 e. The molecule has 3 N–H and O–H groups in total. The molecular weight excluding hydrogens is 1330 g/mol. The van der Waals surface area contributed by atoms with Crippen LogP contribution < -0.4 is 0 Å². The Morgan fingerprint density at radius 1 is 0.294 bits per heavy atom. The van der Waals surface area contributed by atoms with Gasteiger partial charge in [0.05, 0.1) is 32.8 Å². The molecular formula is C83H136O17P2. The van der Waals surface area contributed by atoms with Crippen molar-refractivity contribution < 1.29 is 80.2 Å². The van der Waals surface area contributed by atoms with Crippen LogP contribution in [0.2, 0.25) is 0 Å². The van der Waals surface area contributed by atoms with E-state index in [1.807, 2.05) is 12.2 Å². The van der Waals surface area contributed by atoms with E-state index < -0.39 is 97.5 Å². The monoisotopic (exact) mass is 1470 g/mol. The van der Waals surface area contributed by atoms with Crippen molar-refractivity contribution in [3.05, 3.63) is 158 Å². The van der Waals surface area contributed by atoms with Gasteiger partial charge in [0.1, 0.15) is 19.3 Å². The fraction of sp³-hybridized carbons (Fsp3) is 0.639. The van der Waals surface area contributed by atoms with E-state index in [9.17, 15) is 43.2 Å². The Balaban J connectivity index is 5.45. The van der Waals surface area contributed by atoms with Crippen LogP contribution in [0, 0.1) is 0 Å². The maximum absolute atomic E-state index is 13.1. The van der Waals surface area contributed by atoms with Crippen LogP contribution in [0.5, 0.6) is 0 Å². The molecule has 0 spiro atoms. The lowest BCUT2D eigenvalue weighted by atomic mass is 10.1. The second kappa shape index (κ2) is 74.0. The zero-order valence-electron chi connectivity index (χ0n) is 63.2. The highest BCUT2D eigenvalue weighted by Gasteiger charge is 2.30. The van der Waals surface area contributed by atoms with Crippen LogP contribution in [0.1, 0.15) is 285 Å². The summed E-state index contributed by atoms with van der Waals surface area (Å²) in [6.45, 7) is 4.34. The fourth-order valence-electron chi connectivity index (χ4n) is 9.71. The zero-order chi connectivity index (χ0) is 74.6. The molecule has 0 aromatic rings. The lowest BCUT2D eigenvalue weighted by molar-refractivity contribution is -0.161. The van der Waals surface area contributed by atoms with E-state index >= 15 is 0 Å². The van der Waals surface area contributed by atoms with Crippen molar-refractivity contribution in [3.8, 4) is 0 Å². The summed E-state index contributed by atoms with van der Waals surface area (Å²) < 4.78 is 68.4. The molecule has 19 heteroatoms. The van der Waals surface area contributed by atoms with Gasteiger partial charge in [-0.3, -0.25) is 37.3 Å². The van der Waals surface area contributed by atoms with E-state index in [0.29, 0.717) is 25.7 Å². The number of phosphoric acid groups is 2. The summed E-state index contributed by atoms with van der Waals surface area (Å²) in [7, 11) is -10.0. The summed E-state index contributed by atoms with van der Waals surface area (Å²) in [5.74, 6) is -2.38. The van der Waals surface area contributed by atoms with Crippen LogP contribution >= 0.6 is 15.6 Å². The highest BCUT2D eigenvalue weighted by atomic mass is 31.2. The number of carbonyl (C=O) groups is 4. The van der Waals surface area contributed by atoms with Gasteiger partial charge in [-0.15, -0.1) is 0 Å². The van der Waals surface area contributed by atoms with Crippen LogP contribution in [0.15, 0.2) is 158 Å². The average Bonchev–Trinajstić information content (AvgIpc) is 0.907. The second-order valence-electron chi connectivity index (χ2n) is 25.2. The van der Waals surface area contributed by atoms with Crippen LogP contribution in [0.4, 0.5) is 0 Å². The zero-order valence-corrected chi connectivity index (χ0v) is 65.0. The minimum absolute atomic E-state index is 0.0722. The number of ether oxygens (including phenoxy) is 4. The molecule has 102 heavy (non-hydrogen) atoms. The molecule has 580 valence electrons. The standard InChI is InChI=1S/C83H136O17P2/c1-5-9-13-17-21-25-29-33-36-38-41-44-47-51-55-59-63-67-80(85)93-73-78(99-82(87)69-65-61-57-53-49-43-32-28-24-20-16-12-8-4)75-97-101(89,90)95-71-77(84)72-96-102(91,92)98-76-79(100-83(88)70-66-62-58-54-50-46-40-35-31-27-23-19-15-11-7-3)74-94-81(86)68-64-60-56-52-48-45-42-39-37-34-30-26-22-18-14-10-6-2/h9-11,13-15,21-23,25-28,32-37,40-41,44,50,54,62,66,77-79,84H,5-8,12,16-20,24,29-31,38-39,42-43,45-49,51-53,55-61,63-65,67-76H2,1-4H3,(H,89,90)(H,91,92)/b13-9-,14-10-,15-11-,25-21-,26-22-,27-23-,32-28-,36-33-,37-34-,40-35-,44-41-,54-50-,66-62-. The number of phosphoric ester groups is 2. The van der Waals surface area contributed by atoms with Crippen LogP contribution in [-0.4, -0.2) is 96.7 Å². The number of esters is 4. The van der Waals surface area contributed by atoms with Crippen molar-refractivity contribution in [3.63, 3.8) is 0 Å². The maximum atomic E-state index is 13.1. The largest absolute Gasteiger partial charge is 0.472 e. The third kappa shape index (κ3) is 73.0. The summed E-state index contributed by atoms with van der Waals surface area (Å²) in [5.41, 5.74) is 0. The lowest BCUT2D eigenvalue weighted by Gasteiger charge is -2.21.